The molecule has 202 valence electrons. The Morgan fingerprint density at radius 1 is 0.795 bits per heavy atom. The molecular formula is C33H37N3O3. The Morgan fingerprint density at radius 3 is 2.38 bits per heavy atom. The van der Waals surface area contributed by atoms with Crippen LogP contribution in [0.25, 0.3) is 10.9 Å². The number of hydrogen-bond acceptors (Lipinski definition) is 3. The average molecular weight is 524 g/mol. The molecule has 3 heterocycles. The number of para-hydroxylation sites is 2. The van der Waals surface area contributed by atoms with Crippen LogP contribution in [0.1, 0.15) is 73.2 Å². The molecule has 0 spiro atoms. The molecule has 6 rings (SSSR count). The summed E-state index contributed by atoms with van der Waals surface area (Å²) in [6, 6.07) is 22.2. The fourth-order valence-electron chi connectivity index (χ4n) is 5.73. The number of carbonyl (C=O) groups is 2. The van der Waals surface area contributed by atoms with Gasteiger partial charge in [0.1, 0.15) is 5.76 Å². The molecule has 1 aliphatic heterocycles. The molecule has 0 unspecified atom stereocenters. The van der Waals surface area contributed by atoms with E-state index < -0.39 is 0 Å². The predicted molar refractivity (Wildman–Crippen MR) is 154 cm³/mol. The molecule has 4 aromatic rings. The first kappa shape index (κ1) is 25.5. The summed E-state index contributed by atoms with van der Waals surface area (Å²) in [6.07, 6.45) is 10.6. The first-order valence-electron chi connectivity index (χ1n) is 14.5. The summed E-state index contributed by atoms with van der Waals surface area (Å²) in [4.78, 5) is 31.0. The van der Waals surface area contributed by atoms with Gasteiger partial charge in [0.15, 0.2) is 5.76 Å². The predicted octanol–water partition coefficient (Wildman–Crippen LogP) is 7.02. The number of amides is 2. The van der Waals surface area contributed by atoms with Crippen molar-refractivity contribution in [3.05, 3.63) is 90.0 Å². The first-order valence-corrected chi connectivity index (χ1v) is 14.5. The van der Waals surface area contributed by atoms with Gasteiger partial charge in [-0.3, -0.25) is 9.59 Å². The van der Waals surface area contributed by atoms with Gasteiger partial charge in [0.2, 0.25) is 5.91 Å². The maximum atomic E-state index is 13.8. The number of carbonyl (C=O) groups excluding carboxylic acids is 2. The summed E-state index contributed by atoms with van der Waals surface area (Å²) in [5, 5.41) is 1.18. The minimum absolute atomic E-state index is 0.0941. The van der Waals surface area contributed by atoms with E-state index in [0.717, 1.165) is 80.4 Å². The maximum Gasteiger partial charge on any atom is 0.289 e. The molecule has 0 atom stereocenters. The lowest BCUT2D eigenvalue weighted by atomic mass is 10.1. The van der Waals surface area contributed by atoms with Crippen LogP contribution in [0.4, 0.5) is 5.69 Å². The zero-order chi connectivity index (χ0) is 26.6. The third-order valence-electron chi connectivity index (χ3n) is 8.06. The summed E-state index contributed by atoms with van der Waals surface area (Å²) in [5.74, 6) is 1.43. The van der Waals surface area contributed by atoms with Crippen LogP contribution < -0.4 is 4.90 Å². The summed E-state index contributed by atoms with van der Waals surface area (Å²) < 4.78 is 8.27. The second kappa shape index (κ2) is 11.5. The summed E-state index contributed by atoms with van der Waals surface area (Å²) in [5.41, 5.74) is 3.11. The van der Waals surface area contributed by atoms with Crippen molar-refractivity contribution < 1.29 is 14.0 Å². The van der Waals surface area contributed by atoms with Gasteiger partial charge in [-0.25, -0.2) is 0 Å². The van der Waals surface area contributed by atoms with Gasteiger partial charge in [-0.15, -0.1) is 0 Å². The van der Waals surface area contributed by atoms with Gasteiger partial charge < -0.3 is 18.8 Å². The second-order valence-corrected chi connectivity index (χ2v) is 11.0. The molecule has 39 heavy (non-hydrogen) atoms. The molecule has 0 saturated heterocycles. The molecule has 1 fully saturated rings. The van der Waals surface area contributed by atoms with Crippen LogP contribution in [-0.4, -0.2) is 34.4 Å². The average Bonchev–Trinajstić information content (AvgIpc) is 3.58. The van der Waals surface area contributed by atoms with Crippen molar-refractivity contribution in [2.75, 3.05) is 18.0 Å². The fourth-order valence-corrected chi connectivity index (χ4v) is 5.73. The normalized spacial score (nSPS) is 17.2. The molecule has 0 radical (unpaired) electrons. The summed E-state index contributed by atoms with van der Waals surface area (Å²) in [7, 11) is 0. The molecule has 1 aliphatic carbocycles. The van der Waals surface area contributed by atoms with Crippen molar-refractivity contribution in [2.24, 2.45) is 5.92 Å². The molecule has 2 aliphatic rings. The van der Waals surface area contributed by atoms with E-state index in [9.17, 15) is 9.59 Å². The highest BCUT2D eigenvalue weighted by Gasteiger charge is 2.34. The smallest absolute Gasteiger partial charge is 0.289 e. The Balaban J connectivity index is 1.25. The standard InChI is InChI=1S/C33H37N3O3/c37-32(26-15-16-26)36-21-10-4-2-1-3-9-20-35(23-27-12-6-8-14-30(27)36)33(38)31-18-17-28(39-31)24-34-22-19-25-11-5-7-13-29(25)34/h5-8,11-14,17-19,22,26H,1-4,9-10,15-16,20-21,23-24H2. The van der Waals surface area contributed by atoms with Crippen molar-refractivity contribution in [3.63, 3.8) is 0 Å². The molecule has 6 heteroatoms. The Hall–Kier alpha value is -3.80. The number of rotatable bonds is 4. The van der Waals surface area contributed by atoms with Crippen molar-refractivity contribution in [3.8, 4) is 0 Å². The first-order chi connectivity index (χ1) is 19.2. The van der Waals surface area contributed by atoms with E-state index in [1.807, 2.05) is 46.2 Å². The van der Waals surface area contributed by atoms with Gasteiger partial charge in [0, 0.05) is 43.0 Å². The van der Waals surface area contributed by atoms with E-state index in [0.29, 0.717) is 25.4 Å². The van der Waals surface area contributed by atoms with Crippen LogP contribution in [-0.2, 0) is 17.9 Å². The maximum absolute atomic E-state index is 13.8. The molecule has 1 saturated carbocycles. The van der Waals surface area contributed by atoms with E-state index >= 15 is 0 Å². The minimum Gasteiger partial charge on any atom is -0.454 e. The van der Waals surface area contributed by atoms with Crippen molar-refractivity contribution in [1.29, 1.82) is 0 Å². The van der Waals surface area contributed by atoms with Crippen LogP contribution in [0.5, 0.6) is 0 Å². The zero-order valence-corrected chi connectivity index (χ0v) is 22.6. The number of aromatic nitrogens is 1. The summed E-state index contributed by atoms with van der Waals surface area (Å²) >= 11 is 0. The second-order valence-electron chi connectivity index (χ2n) is 11.0. The van der Waals surface area contributed by atoms with Crippen molar-refractivity contribution >= 4 is 28.4 Å². The van der Waals surface area contributed by atoms with E-state index in [-0.39, 0.29) is 17.7 Å². The number of hydrogen-bond donors (Lipinski definition) is 0. The molecule has 0 N–H and O–H groups in total. The van der Waals surface area contributed by atoms with Gasteiger partial charge >= 0.3 is 0 Å². The molecule has 2 amide bonds. The topological polar surface area (TPSA) is 58.7 Å². The van der Waals surface area contributed by atoms with Gasteiger partial charge in [0.25, 0.3) is 5.91 Å². The zero-order valence-electron chi connectivity index (χ0n) is 22.6. The Bertz CT molecular complexity index is 1450. The lowest BCUT2D eigenvalue weighted by Gasteiger charge is -2.28. The molecule has 0 bridgehead atoms. The van der Waals surface area contributed by atoms with E-state index in [4.69, 9.17) is 4.42 Å². The quantitative estimate of drug-likeness (QED) is 0.289. The van der Waals surface area contributed by atoms with Gasteiger partial charge in [-0.05, 0) is 67.0 Å². The number of fused-ring (bicyclic) bond motifs is 2. The Morgan fingerprint density at radius 2 is 1.54 bits per heavy atom. The highest BCUT2D eigenvalue weighted by atomic mass is 16.4. The molecule has 6 nitrogen and oxygen atoms in total. The molecule has 2 aromatic carbocycles. The third kappa shape index (κ3) is 5.80. The number of benzene rings is 2. The third-order valence-corrected chi connectivity index (χ3v) is 8.06. The van der Waals surface area contributed by atoms with Crippen LogP contribution >= 0.6 is 0 Å². The fraction of sp³-hybridized carbons (Fsp3) is 0.394. The molecular weight excluding hydrogens is 486 g/mol. The monoisotopic (exact) mass is 523 g/mol. The van der Waals surface area contributed by atoms with Gasteiger partial charge in [-0.1, -0.05) is 62.1 Å². The van der Waals surface area contributed by atoms with Gasteiger partial charge in [-0.2, -0.15) is 0 Å². The van der Waals surface area contributed by atoms with E-state index in [2.05, 4.69) is 35.0 Å². The van der Waals surface area contributed by atoms with Crippen LogP contribution in [0, 0.1) is 5.92 Å². The van der Waals surface area contributed by atoms with Crippen LogP contribution in [0.15, 0.2) is 77.3 Å². The highest BCUT2D eigenvalue weighted by molar-refractivity contribution is 5.97. The van der Waals surface area contributed by atoms with Crippen LogP contribution in [0.2, 0.25) is 0 Å². The van der Waals surface area contributed by atoms with E-state index in [1.54, 1.807) is 6.07 Å². The minimum atomic E-state index is -0.0941. The summed E-state index contributed by atoms with van der Waals surface area (Å²) in [6.45, 7) is 2.45. The van der Waals surface area contributed by atoms with Crippen molar-refractivity contribution in [2.45, 2.75) is 64.5 Å². The number of nitrogens with zero attached hydrogens (tertiary/aromatic N) is 3. The lowest BCUT2D eigenvalue weighted by molar-refractivity contribution is -0.119. The Kier molecular flexibility index (Phi) is 7.53. The lowest BCUT2D eigenvalue weighted by Crippen LogP contribution is -2.36. The van der Waals surface area contributed by atoms with E-state index in [1.165, 1.54) is 5.39 Å². The Labute approximate surface area is 230 Å². The van der Waals surface area contributed by atoms with Gasteiger partial charge in [0.05, 0.1) is 6.54 Å². The van der Waals surface area contributed by atoms with Crippen LogP contribution in [0.3, 0.4) is 0 Å². The molecule has 2 aromatic heterocycles. The SMILES string of the molecule is O=C(c1ccc(Cn2ccc3ccccc32)o1)N1CCCCCCCCN(C(=O)C2CC2)c2ccccc2C1. The highest BCUT2D eigenvalue weighted by Crippen LogP contribution is 2.34. The number of furan rings is 1. The van der Waals surface area contributed by atoms with Crippen molar-refractivity contribution in [1.82, 2.24) is 9.47 Å². The number of anilines is 1. The largest absolute Gasteiger partial charge is 0.454 e.